The van der Waals surface area contributed by atoms with Crippen molar-refractivity contribution in [2.75, 3.05) is 19.6 Å². The second kappa shape index (κ2) is 7.16. The Morgan fingerprint density at radius 3 is 2.71 bits per heavy atom. The van der Waals surface area contributed by atoms with Crippen LogP contribution in [0.15, 0.2) is 0 Å². The number of hydrogen-bond donors (Lipinski definition) is 3. The number of carbonyl (C=O) groups excluding carboxylic acids is 2. The van der Waals surface area contributed by atoms with Gasteiger partial charge in [-0.1, -0.05) is 6.92 Å². The van der Waals surface area contributed by atoms with Crippen molar-refractivity contribution in [3.8, 4) is 0 Å². The molecule has 21 heavy (non-hydrogen) atoms. The highest BCUT2D eigenvalue weighted by molar-refractivity contribution is 5.93. The summed E-state index contributed by atoms with van der Waals surface area (Å²) in [6.07, 6.45) is 3.25. The molecular weight excluding hydrogens is 272 g/mol. The molecule has 2 amide bonds. The fourth-order valence-electron chi connectivity index (χ4n) is 2.52. The van der Waals surface area contributed by atoms with E-state index in [9.17, 15) is 9.59 Å². The zero-order chi connectivity index (χ0) is 15.2. The molecule has 2 heterocycles. The van der Waals surface area contributed by atoms with E-state index in [2.05, 4.69) is 20.5 Å². The lowest BCUT2D eigenvalue weighted by Gasteiger charge is -2.33. The predicted molar refractivity (Wildman–Crippen MR) is 76.5 cm³/mol. The van der Waals surface area contributed by atoms with Crippen molar-refractivity contribution in [2.45, 2.75) is 38.6 Å². The van der Waals surface area contributed by atoms with Gasteiger partial charge in [-0.05, 0) is 32.4 Å². The second-order valence-electron chi connectivity index (χ2n) is 5.24. The lowest BCUT2D eigenvalue weighted by Crippen LogP contribution is -2.49. The van der Waals surface area contributed by atoms with E-state index in [-0.39, 0.29) is 24.3 Å². The van der Waals surface area contributed by atoms with Crippen LogP contribution < -0.4 is 11.1 Å². The minimum atomic E-state index is -0.522. The van der Waals surface area contributed by atoms with Gasteiger partial charge in [0.2, 0.25) is 11.7 Å². The van der Waals surface area contributed by atoms with Gasteiger partial charge in [0, 0.05) is 12.5 Å². The van der Waals surface area contributed by atoms with Crippen molar-refractivity contribution < 1.29 is 9.59 Å². The number of primary amides is 1. The molecule has 0 bridgehead atoms. The van der Waals surface area contributed by atoms with Crippen LogP contribution in [0, 0.1) is 0 Å². The first-order valence-electron chi connectivity index (χ1n) is 7.33. The molecule has 1 saturated heterocycles. The maximum atomic E-state index is 12.5. The molecule has 1 aliphatic heterocycles. The number of aromatic nitrogens is 3. The molecule has 8 nitrogen and oxygen atoms in total. The van der Waals surface area contributed by atoms with Crippen molar-refractivity contribution in [3.05, 3.63) is 11.6 Å². The van der Waals surface area contributed by atoms with Gasteiger partial charge in [-0.15, -0.1) is 5.10 Å². The van der Waals surface area contributed by atoms with Gasteiger partial charge in [0.1, 0.15) is 12.4 Å². The summed E-state index contributed by atoms with van der Waals surface area (Å²) >= 11 is 0. The van der Waals surface area contributed by atoms with E-state index in [0.717, 1.165) is 38.8 Å². The smallest absolute Gasteiger partial charge is 0.294 e. The van der Waals surface area contributed by atoms with Gasteiger partial charge in [0.05, 0.1) is 0 Å². The van der Waals surface area contributed by atoms with Gasteiger partial charge in [-0.25, -0.2) is 4.98 Å². The summed E-state index contributed by atoms with van der Waals surface area (Å²) in [6, 6.07) is -0.000579. The van der Waals surface area contributed by atoms with Crippen molar-refractivity contribution in [1.29, 1.82) is 0 Å². The molecule has 0 unspecified atom stereocenters. The van der Waals surface area contributed by atoms with Crippen LogP contribution in [0.5, 0.6) is 0 Å². The first kappa shape index (κ1) is 15.4. The Morgan fingerprint density at radius 1 is 1.38 bits per heavy atom. The highest BCUT2D eigenvalue weighted by Gasteiger charge is 2.29. The molecule has 0 atom stereocenters. The largest absolute Gasteiger partial charge is 0.368 e. The molecule has 0 spiro atoms. The molecule has 1 fully saturated rings. The number of amides is 2. The quantitative estimate of drug-likeness (QED) is 0.650. The summed E-state index contributed by atoms with van der Waals surface area (Å²) in [5.41, 5.74) is 5.27. The summed E-state index contributed by atoms with van der Waals surface area (Å²) in [4.78, 5) is 29.5. The van der Waals surface area contributed by atoms with Gasteiger partial charge in [0.25, 0.3) is 5.91 Å². The van der Waals surface area contributed by atoms with E-state index in [1.165, 1.54) is 4.90 Å². The number of piperidine rings is 1. The molecule has 1 aromatic heterocycles. The third-order valence-corrected chi connectivity index (χ3v) is 3.55. The highest BCUT2D eigenvalue weighted by atomic mass is 16.2. The first-order chi connectivity index (χ1) is 10.1. The van der Waals surface area contributed by atoms with E-state index in [1.54, 1.807) is 0 Å². The van der Waals surface area contributed by atoms with Crippen LogP contribution in [0.2, 0.25) is 0 Å². The number of carbonyl (C=O) groups is 2. The predicted octanol–water partition coefficient (Wildman–Crippen LogP) is -0.563. The van der Waals surface area contributed by atoms with Crippen LogP contribution in [-0.4, -0.2) is 57.6 Å². The first-order valence-corrected chi connectivity index (χ1v) is 7.33. The third kappa shape index (κ3) is 4.01. The third-order valence-electron chi connectivity index (χ3n) is 3.55. The fraction of sp³-hybridized carbons (Fsp3) is 0.692. The number of nitrogens with two attached hydrogens (primary N) is 1. The van der Waals surface area contributed by atoms with E-state index in [4.69, 9.17) is 5.73 Å². The molecule has 116 valence electrons. The van der Waals surface area contributed by atoms with Gasteiger partial charge in [-0.3, -0.25) is 14.7 Å². The Labute approximate surface area is 123 Å². The molecule has 0 radical (unpaired) electrons. The summed E-state index contributed by atoms with van der Waals surface area (Å²) in [6.45, 7) is 3.57. The Bertz CT molecular complexity index is 495. The van der Waals surface area contributed by atoms with Crippen LogP contribution >= 0.6 is 0 Å². The Kier molecular flexibility index (Phi) is 5.26. The maximum Gasteiger partial charge on any atom is 0.294 e. The fourth-order valence-corrected chi connectivity index (χ4v) is 2.52. The summed E-state index contributed by atoms with van der Waals surface area (Å²) in [5, 5.41) is 9.96. The van der Waals surface area contributed by atoms with Gasteiger partial charge < -0.3 is 16.0 Å². The number of nitrogens with zero attached hydrogens (tertiary/aromatic N) is 3. The van der Waals surface area contributed by atoms with Gasteiger partial charge in [0.15, 0.2) is 0 Å². The zero-order valence-electron chi connectivity index (χ0n) is 12.3. The number of hydrogen-bond acceptors (Lipinski definition) is 5. The van der Waals surface area contributed by atoms with E-state index in [1.807, 2.05) is 6.92 Å². The lowest BCUT2D eigenvalue weighted by atomic mass is 10.0. The van der Waals surface area contributed by atoms with E-state index < -0.39 is 5.91 Å². The van der Waals surface area contributed by atoms with Gasteiger partial charge in [-0.2, -0.15) is 0 Å². The average Bonchev–Trinajstić information content (AvgIpc) is 2.94. The average molecular weight is 294 g/mol. The molecular formula is C13H22N6O2. The molecule has 2 rings (SSSR count). The molecule has 0 aliphatic carbocycles. The SMILES string of the molecule is CCCc1nc(C(=O)N(CC(N)=O)C2CCNCC2)n[nH]1. The number of rotatable bonds is 6. The normalized spacial score (nSPS) is 15.9. The van der Waals surface area contributed by atoms with Crippen LogP contribution in [0.25, 0.3) is 0 Å². The van der Waals surface area contributed by atoms with Crippen LogP contribution in [0.3, 0.4) is 0 Å². The Balaban J connectivity index is 2.13. The minimum Gasteiger partial charge on any atom is -0.368 e. The summed E-state index contributed by atoms with van der Waals surface area (Å²) in [7, 11) is 0. The number of nitrogens with one attached hydrogen (secondary N) is 2. The van der Waals surface area contributed by atoms with Crippen molar-refractivity contribution in [3.63, 3.8) is 0 Å². The van der Waals surface area contributed by atoms with Crippen LogP contribution in [0.1, 0.15) is 42.6 Å². The van der Waals surface area contributed by atoms with Crippen LogP contribution in [0.4, 0.5) is 0 Å². The Hall–Kier alpha value is -1.96. The van der Waals surface area contributed by atoms with Crippen molar-refractivity contribution >= 4 is 11.8 Å². The maximum absolute atomic E-state index is 12.5. The molecule has 8 heteroatoms. The zero-order valence-corrected chi connectivity index (χ0v) is 12.3. The monoisotopic (exact) mass is 294 g/mol. The Morgan fingerprint density at radius 2 is 2.10 bits per heavy atom. The standard InChI is InChI=1S/C13H22N6O2/c1-2-3-11-16-12(18-17-11)13(21)19(8-10(14)20)9-4-6-15-7-5-9/h9,15H,2-8H2,1H3,(H2,14,20)(H,16,17,18). The number of aromatic amines is 1. The number of aryl methyl sites for hydroxylation is 1. The van der Waals surface area contributed by atoms with E-state index in [0.29, 0.717) is 5.82 Å². The lowest BCUT2D eigenvalue weighted by molar-refractivity contribution is -0.119. The second-order valence-corrected chi connectivity index (χ2v) is 5.24. The molecule has 4 N–H and O–H groups in total. The van der Waals surface area contributed by atoms with E-state index >= 15 is 0 Å². The minimum absolute atomic E-state index is 0.000579. The molecule has 1 aromatic rings. The molecule has 1 aliphatic rings. The van der Waals surface area contributed by atoms with Crippen molar-refractivity contribution in [1.82, 2.24) is 25.4 Å². The molecule has 0 aromatic carbocycles. The highest BCUT2D eigenvalue weighted by Crippen LogP contribution is 2.14. The number of H-pyrrole nitrogens is 1. The van der Waals surface area contributed by atoms with Crippen LogP contribution in [-0.2, 0) is 11.2 Å². The van der Waals surface area contributed by atoms with Crippen molar-refractivity contribution in [2.24, 2.45) is 5.73 Å². The molecule has 0 saturated carbocycles. The summed E-state index contributed by atoms with van der Waals surface area (Å²) in [5.74, 6) is -0.0612. The van der Waals surface area contributed by atoms with Gasteiger partial charge >= 0.3 is 0 Å². The topological polar surface area (TPSA) is 117 Å². The summed E-state index contributed by atoms with van der Waals surface area (Å²) < 4.78 is 0.